The first kappa shape index (κ1) is 15.5. The molecule has 0 aliphatic carbocycles. The van der Waals surface area contributed by atoms with Gasteiger partial charge in [-0.05, 0) is 18.9 Å². The summed E-state index contributed by atoms with van der Waals surface area (Å²) in [5.41, 5.74) is -0.502. The Balaban J connectivity index is 2.44. The highest BCUT2D eigenvalue weighted by atomic mass is 35.5. The highest BCUT2D eigenvalue weighted by Gasteiger charge is 2.30. The zero-order chi connectivity index (χ0) is 14.9. The molecule has 0 radical (unpaired) electrons. The second-order valence-electron chi connectivity index (χ2n) is 4.26. The third kappa shape index (κ3) is 3.04. The number of halogens is 2. The van der Waals surface area contributed by atoms with Crippen molar-refractivity contribution in [2.75, 3.05) is 13.1 Å². The van der Waals surface area contributed by atoms with Crippen molar-refractivity contribution >= 4 is 38.9 Å². The van der Waals surface area contributed by atoms with Gasteiger partial charge >= 0.3 is 0 Å². The number of hydrogen-bond donors (Lipinski definition) is 1. The maximum absolute atomic E-state index is 12.3. The fourth-order valence-corrected chi connectivity index (χ4v) is 4.26. The molecule has 7 nitrogen and oxygen atoms in total. The Hall–Kier alpha value is -0.930. The number of nitrogens with one attached hydrogen (secondary N) is 1. The summed E-state index contributed by atoms with van der Waals surface area (Å²) in [7, 11) is -4.05. The van der Waals surface area contributed by atoms with E-state index < -0.39 is 30.6 Å². The summed E-state index contributed by atoms with van der Waals surface area (Å²) < 4.78 is 24.5. The van der Waals surface area contributed by atoms with Crippen LogP contribution < -0.4 is 4.83 Å². The molecular weight excluding hydrogens is 329 g/mol. The van der Waals surface area contributed by atoms with E-state index in [-0.39, 0.29) is 5.02 Å². The summed E-state index contributed by atoms with van der Waals surface area (Å²) in [5.74, 6) is 0. The molecule has 2 rings (SSSR count). The number of rotatable bonds is 4. The molecule has 1 aliphatic rings. The highest BCUT2D eigenvalue weighted by Crippen LogP contribution is 2.36. The van der Waals surface area contributed by atoms with E-state index in [0.29, 0.717) is 13.1 Å². The average molecular weight is 340 g/mol. The molecule has 0 unspecified atom stereocenters. The molecule has 1 aromatic carbocycles. The number of hydrazine groups is 1. The lowest BCUT2D eigenvalue weighted by Gasteiger charge is -2.17. The van der Waals surface area contributed by atoms with Crippen LogP contribution in [0.3, 0.4) is 0 Å². The Morgan fingerprint density at radius 2 is 1.85 bits per heavy atom. The quantitative estimate of drug-likeness (QED) is 0.670. The molecule has 1 aliphatic heterocycles. The topological polar surface area (TPSA) is 92.5 Å². The van der Waals surface area contributed by atoms with E-state index in [1.54, 1.807) is 0 Å². The van der Waals surface area contributed by atoms with Gasteiger partial charge in [-0.2, -0.15) is 0 Å². The van der Waals surface area contributed by atoms with E-state index in [1.807, 2.05) is 0 Å². The maximum Gasteiger partial charge on any atom is 0.289 e. The van der Waals surface area contributed by atoms with Crippen molar-refractivity contribution in [3.05, 3.63) is 32.3 Å². The van der Waals surface area contributed by atoms with Crippen LogP contribution in [0.5, 0.6) is 0 Å². The highest BCUT2D eigenvalue weighted by molar-refractivity contribution is 7.89. The second-order valence-corrected chi connectivity index (χ2v) is 6.64. The molecule has 1 saturated heterocycles. The molecule has 0 bridgehead atoms. The number of nitro benzene ring substituents is 1. The number of hydrogen-bond acceptors (Lipinski definition) is 5. The largest absolute Gasteiger partial charge is 0.289 e. The van der Waals surface area contributed by atoms with Crippen molar-refractivity contribution in [1.29, 1.82) is 0 Å². The molecule has 1 N–H and O–H groups in total. The molecule has 20 heavy (non-hydrogen) atoms. The van der Waals surface area contributed by atoms with Gasteiger partial charge in [-0.15, -0.1) is 4.83 Å². The smallest absolute Gasteiger partial charge is 0.258 e. The second kappa shape index (κ2) is 5.82. The first-order valence-electron chi connectivity index (χ1n) is 5.73. The molecule has 10 heteroatoms. The van der Waals surface area contributed by atoms with Crippen LogP contribution in [-0.2, 0) is 10.0 Å². The first-order chi connectivity index (χ1) is 9.33. The van der Waals surface area contributed by atoms with Crippen molar-refractivity contribution in [2.45, 2.75) is 17.7 Å². The van der Waals surface area contributed by atoms with Gasteiger partial charge in [-0.1, -0.05) is 23.2 Å². The van der Waals surface area contributed by atoms with Crippen LogP contribution >= 0.6 is 23.2 Å². The van der Waals surface area contributed by atoms with Crippen molar-refractivity contribution in [2.24, 2.45) is 0 Å². The Kier molecular flexibility index (Phi) is 4.50. The van der Waals surface area contributed by atoms with Crippen LogP contribution in [0.1, 0.15) is 12.8 Å². The zero-order valence-electron chi connectivity index (χ0n) is 10.2. The van der Waals surface area contributed by atoms with E-state index in [9.17, 15) is 18.5 Å². The van der Waals surface area contributed by atoms with Crippen LogP contribution in [0, 0.1) is 10.1 Å². The maximum atomic E-state index is 12.3. The van der Waals surface area contributed by atoms with Crippen LogP contribution in [0.4, 0.5) is 5.69 Å². The Labute approximate surface area is 125 Å². The van der Waals surface area contributed by atoms with Crippen molar-refractivity contribution in [3.8, 4) is 0 Å². The summed E-state index contributed by atoms with van der Waals surface area (Å²) in [5, 5.41) is 11.7. The monoisotopic (exact) mass is 339 g/mol. The van der Waals surface area contributed by atoms with Gasteiger partial charge in [0.05, 0.1) is 9.95 Å². The first-order valence-corrected chi connectivity index (χ1v) is 7.96. The summed E-state index contributed by atoms with van der Waals surface area (Å²) >= 11 is 11.6. The van der Waals surface area contributed by atoms with Gasteiger partial charge in [0.15, 0.2) is 0 Å². The van der Waals surface area contributed by atoms with Crippen molar-refractivity contribution in [3.63, 3.8) is 0 Å². The van der Waals surface area contributed by atoms with E-state index in [0.717, 1.165) is 25.0 Å². The fraction of sp³-hybridized carbons (Fsp3) is 0.400. The lowest BCUT2D eigenvalue weighted by Crippen LogP contribution is -2.40. The molecule has 0 saturated carbocycles. The fourth-order valence-electron chi connectivity index (χ4n) is 1.93. The van der Waals surface area contributed by atoms with Crippen LogP contribution in [0.15, 0.2) is 17.0 Å². The number of benzene rings is 1. The van der Waals surface area contributed by atoms with Gasteiger partial charge in [0, 0.05) is 19.2 Å². The van der Waals surface area contributed by atoms with Gasteiger partial charge in [0.2, 0.25) is 0 Å². The van der Waals surface area contributed by atoms with Crippen LogP contribution in [0.2, 0.25) is 10.0 Å². The predicted molar refractivity (Wildman–Crippen MR) is 74.2 cm³/mol. The predicted octanol–water partition coefficient (Wildman–Crippen LogP) is 2.19. The lowest BCUT2D eigenvalue weighted by atomic mass is 10.3. The minimum absolute atomic E-state index is 0.160. The van der Waals surface area contributed by atoms with Crippen molar-refractivity contribution < 1.29 is 13.3 Å². The zero-order valence-corrected chi connectivity index (χ0v) is 12.5. The summed E-state index contributed by atoms with van der Waals surface area (Å²) in [4.78, 5) is 11.9. The number of sulfonamides is 1. The molecule has 0 spiro atoms. The van der Waals surface area contributed by atoms with Gasteiger partial charge < -0.3 is 0 Å². The average Bonchev–Trinajstić information content (AvgIpc) is 2.79. The molecule has 1 fully saturated rings. The molecule has 0 atom stereocenters. The van der Waals surface area contributed by atoms with E-state index in [2.05, 4.69) is 4.83 Å². The normalized spacial score (nSPS) is 16.5. The molecule has 1 aromatic rings. The summed E-state index contributed by atoms with van der Waals surface area (Å²) in [6.45, 7) is 1.15. The van der Waals surface area contributed by atoms with Gasteiger partial charge in [-0.3, -0.25) is 10.1 Å². The van der Waals surface area contributed by atoms with Crippen molar-refractivity contribution in [1.82, 2.24) is 9.84 Å². The SMILES string of the molecule is O=[N+]([O-])c1ccc(Cl)c(S(=O)(=O)NN2CCCC2)c1Cl. The molecule has 0 amide bonds. The van der Waals surface area contributed by atoms with E-state index >= 15 is 0 Å². The third-order valence-electron chi connectivity index (χ3n) is 2.85. The van der Waals surface area contributed by atoms with E-state index in [1.165, 1.54) is 5.01 Å². The summed E-state index contributed by atoms with van der Waals surface area (Å²) in [6, 6.07) is 2.21. The summed E-state index contributed by atoms with van der Waals surface area (Å²) in [6.07, 6.45) is 1.75. The molecular formula is C10H11Cl2N3O4S. The Morgan fingerprint density at radius 1 is 1.25 bits per heavy atom. The standard InChI is InChI=1S/C10H11Cl2N3O4S/c11-7-3-4-8(15(16)17)9(12)10(7)20(18,19)13-14-5-1-2-6-14/h3-4,13H,1-2,5-6H2. The van der Waals surface area contributed by atoms with Crippen LogP contribution in [0.25, 0.3) is 0 Å². The number of nitro groups is 1. The molecule has 110 valence electrons. The van der Waals surface area contributed by atoms with E-state index in [4.69, 9.17) is 23.2 Å². The Bertz CT molecular complexity index is 644. The lowest BCUT2D eigenvalue weighted by molar-refractivity contribution is -0.384. The number of nitrogens with zero attached hydrogens (tertiary/aromatic N) is 2. The molecule has 0 aromatic heterocycles. The van der Waals surface area contributed by atoms with Crippen LogP contribution in [-0.4, -0.2) is 31.4 Å². The minimum atomic E-state index is -4.05. The molecule has 1 heterocycles. The van der Waals surface area contributed by atoms with Gasteiger partial charge in [-0.25, -0.2) is 13.4 Å². The van der Waals surface area contributed by atoms with Gasteiger partial charge in [0.1, 0.15) is 9.92 Å². The Morgan fingerprint density at radius 3 is 2.40 bits per heavy atom. The minimum Gasteiger partial charge on any atom is -0.258 e. The third-order valence-corrected chi connectivity index (χ3v) is 5.23. The van der Waals surface area contributed by atoms with Gasteiger partial charge in [0.25, 0.3) is 15.7 Å².